The molecule has 0 aromatic carbocycles. The lowest BCUT2D eigenvalue weighted by atomic mass is 10.0. The number of carbonyl (C=O) groups is 2. The van der Waals surface area contributed by atoms with Gasteiger partial charge in [-0.15, -0.1) is 0 Å². The van der Waals surface area contributed by atoms with Gasteiger partial charge in [-0.25, -0.2) is 4.57 Å². The van der Waals surface area contributed by atoms with Crippen LogP contribution in [0.3, 0.4) is 0 Å². The van der Waals surface area contributed by atoms with Gasteiger partial charge >= 0.3 is 19.8 Å². The molecular formula is C45H87O8P. The number of hydrogen-bond acceptors (Lipinski definition) is 6. The molecule has 0 saturated heterocycles. The van der Waals surface area contributed by atoms with E-state index >= 15 is 0 Å². The smallest absolute Gasteiger partial charge is 0.462 e. The molecule has 54 heavy (non-hydrogen) atoms. The van der Waals surface area contributed by atoms with Crippen LogP contribution in [0.5, 0.6) is 0 Å². The van der Waals surface area contributed by atoms with Crippen LogP contribution < -0.4 is 0 Å². The third-order valence-electron chi connectivity index (χ3n) is 10.3. The van der Waals surface area contributed by atoms with Crippen LogP contribution in [0.1, 0.15) is 245 Å². The molecule has 0 aliphatic rings. The zero-order valence-corrected chi connectivity index (χ0v) is 36.3. The Morgan fingerprint density at radius 3 is 1.13 bits per heavy atom. The van der Waals surface area contributed by atoms with E-state index in [1.165, 1.54) is 161 Å². The number of unbranched alkanes of at least 4 members (excludes halogenated alkanes) is 31. The first kappa shape index (κ1) is 52.8. The predicted octanol–water partition coefficient (Wildman–Crippen LogP) is 14.2. The van der Waals surface area contributed by atoms with Gasteiger partial charge in [-0.05, 0) is 38.5 Å². The van der Waals surface area contributed by atoms with Crippen molar-refractivity contribution in [1.82, 2.24) is 0 Å². The summed E-state index contributed by atoms with van der Waals surface area (Å²) in [6, 6.07) is 0. The summed E-state index contributed by atoms with van der Waals surface area (Å²) in [6.45, 7) is 3.71. The first-order valence-electron chi connectivity index (χ1n) is 23.0. The summed E-state index contributed by atoms with van der Waals surface area (Å²) in [6.07, 6.45) is 46.5. The Labute approximate surface area is 333 Å². The van der Waals surface area contributed by atoms with Gasteiger partial charge in [0.1, 0.15) is 6.61 Å². The second-order valence-electron chi connectivity index (χ2n) is 15.7. The molecule has 0 amide bonds. The zero-order chi connectivity index (χ0) is 39.6. The maximum Gasteiger partial charge on any atom is 0.469 e. The van der Waals surface area contributed by atoms with Crippen molar-refractivity contribution >= 4 is 19.8 Å². The zero-order valence-electron chi connectivity index (χ0n) is 35.4. The van der Waals surface area contributed by atoms with Gasteiger partial charge in [-0.3, -0.25) is 14.1 Å². The summed E-state index contributed by atoms with van der Waals surface area (Å²) >= 11 is 0. The number of esters is 2. The summed E-state index contributed by atoms with van der Waals surface area (Å²) < 4.78 is 26.4. The first-order valence-corrected chi connectivity index (χ1v) is 24.5. The van der Waals surface area contributed by atoms with Crippen LogP contribution in [0.4, 0.5) is 0 Å². The summed E-state index contributed by atoms with van der Waals surface area (Å²) in [4.78, 5) is 42.9. The van der Waals surface area contributed by atoms with E-state index in [2.05, 4.69) is 30.5 Å². The first-order chi connectivity index (χ1) is 26.3. The van der Waals surface area contributed by atoms with Gasteiger partial charge in [0.15, 0.2) is 6.10 Å². The van der Waals surface area contributed by atoms with Gasteiger partial charge in [-0.2, -0.15) is 0 Å². The highest BCUT2D eigenvalue weighted by molar-refractivity contribution is 7.46. The lowest BCUT2D eigenvalue weighted by molar-refractivity contribution is -0.161. The summed E-state index contributed by atoms with van der Waals surface area (Å²) in [5, 5.41) is 0. The Morgan fingerprint density at radius 1 is 0.463 bits per heavy atom. The molecule has 0 bridgehead atoms. The number of phosphoric ester groups is 1. The normalized spacial score (nSPS) is 12.4. The van der Waals surface area contributed by atoms with Crippen molar-refractivity contribution in [3.8, 4) is 0 Å². The molecular weight excluding hydrogens is 699 g/mol. The summed E-state index contributed by atoms with van der Waals surface area (Å²) in [5.41, 5.74) is 0. The van der Waals surface area contributed by atoms with Crippen molar-refractivity contribution in [2.75, 3.05) is 13.2 Å². The molecule has 0 spiro atoms. The molecule has 0 heterocycles. The molecule has 0 aromatic rings. The van der Waals surface area contributed by atoms with E-state index in [1.54, 1.807) is 0 Å². The summed E-state index contributed by atoms with van der Waals surface area (Å²) in [5.74, 6) is -0.880. The van der Waals surface area contributed by atoms with E-state index in [9.17, 15) is 14.2 Å². The molecule has 9 heteroatoms. The van der Waals surface area contributed by atoms with Crippen LogP contribution in [0.2, 0.25) is 0 Å². The molecule has 0 aliphatic heterocycles. The minimum absolute atomic E-state index is 0.217. The molecule has 1 atom stereocenters. The molecule has 0 unspecified atom stereocenters. The van der Waals surface area contributed by atoms with Gasteiger partial charge in [-0.1, -0.05) is 206 Å². The largest absolute Gasteiger partial charge is 0.469 e. The van der Waals surface area contributed by atoms with Gasteiger partial charge in [0, 0.05) is 12.8 Å². The molecule has 320 valence electrons. The van der Waals surface area contributed by atoms with E-state index < -0.39 is 32.5 Å². The van der Waals surface area contributed by atoms with E-state index in [0.717, 1.165) is 51.4 Å². The average Bonchev–Trinajstić information content (AvgIpc) is 3.14. The predicted molar refractivity (Wildman–Crippen MR) is 226 cm³/mol. The van der Waals surface area contributed by atoms with Crippen molar-refractivity contribution < 1.29 is 37.9 Å². The van der Waals surface area contributed by atoms with Crippen LogP contribution >= 0.6 is 7.82 Å². The highest BCUT2D eigenvalue weighted by Crippen LogP contribution is 2.36. The minimum Gasteiger partial charge on any atom is -0.462 e. The van der Waals surface area contributed by atoms with Crippen molar-refractivity contribution in [2.24, 2.45) is 0 Å². The second-order valence-corrected chi connectivity index (χ2v) is 17.0. The van der Waals surface area contributed by atoms with Crippen molar-refractivity contribution in [2.45, 2.75) is 251 Å². The quantitative estimate of drug-likeness (QED) is 0.0271. The molecule has 0 rings (SSSR count). The highest BCUT2D eigenvalue weighted by atomic mass is 31.2. The van der Waals surface area contributed by atoms with E-state index in [4.69, 9.17) is 19.3 Å². The van der Waals surface area contributed by atoms with Crippen LogP contribution in [0, 0.1) is 0 Å². The van der Waals surface area contributed by atoms with Gasteiger partial charge in [0.05, 0.1) is 6.61 Å². The van der Waals surface area contributed by atoms with Crippen molar-refractivity contribution in [3.63, 3.8) is 0 Å². The third-order valence-corrected chi connectivity index (χ3v) is 10.8. The van der Waals surface area contributed by atoms with Gasteiger partial charge in [0.2, 0.25) is 0 Å². The van der Waals surface area contributed by atoms with Crippen molar-refractivity contribution in [1.29, 1.82) is 0 Å². The SMILES string of the molecule is CCCCCCCC/C=C\CCCCCCCC(=O)OC[C@H](COP(=O)(O)O)OC(=O)CCCCCCCCCCCCCCCCCCCCCCC. The topological polar surface area (TPSA) is 119 Å². The Kier molecular flexibility index (Phi) is 40.5. The molecule has 0 aromatic heterocycles. The van der Waals surface area contributed by atoms with Crippen LogP contribution in [-0.4, -0.2) is 41.0 Å². The van der Waals surface area contributed by atoms with E-state index in [0.29, 0.717) is 6.42 Å². The standard InChI is InChI=1S/C45H87O8P/c1-3-5-7-9-11-13-15-17-19-20-21-22-23-24-26-28-30-32-34-36-38-40-45(47)53-43(42-52-54(48,49)50)41-51-44(46)39-37-35-33-31-29-27-25-18-16-14-12-10-8-6-4-2/h18,25,43H,3-17,19-24,26-42H2,1-2H3,(H2,48,49,50)/b25-18-/t43-/m1/s1. The average molecular weight is 787 g/mol. The number of ether oxygens (including phenoxy) is 2. The minimum atomic E-state index is -4.75. The molecule has 0 saturated carbocycles. The van der Waals surface area contributed by atoms with E-state index in [-0.39, 0.29) is 19.4 Å². The van der Waals surface area contributed by atoms with Crippen LogP contribution in [0.15, 0.2) is 12.2 Å². The molecule has 0 aliphatic carbocycles. The lowest BCUT2D eigenvalue weighted by Gasteiger charge is -2.18. The van der Waals surface area contributed by atoms with Crippen LogP contribution in [0.25, 0.3) is 0 Å². The fourth-order valence-corrected chi connectivity index (χ4v) is 7.20. The fraction of sp³-hybridized carbons (Fsp3) is 0.911. The third kappa shape index (κ3) is 43.5. The number of phosphoric acid groups is 1. The molecule has 0 fully saturated rings. The molecule has 0 radical (unpaired) electrons. The van der Waals surface area contributed by atoms with Gasteiger partial charge in [0.25, 0.3) is 0 Å². The van der Waals surface area contributed by atoms with Crippen molar-refractivity contribution in [3.05, 3.63) is 12.2 Å². The molecule has 2 N–H and O–H groups in total. The lowest BCUT2D eigenvalue weighted by Crippen LogP contribution is -2.29. The van der Waals surface area contributed by atoms with Gasteiger partial charge < -0.3 is 19.3 Å². The second kappa shape index (κ2) is 41.4. The summed E-state index contributed by atoms with van der Waals surface area (Å²) in [7, 11) is -4.75. The number of allylic oxidation sites excluding steroid dienone is 2. The fourth-order valence-electron chi connectivity index (χ4n) is 6.84. The number of hydrogen-bond donors (Lipinski definition) is 2. The Hall–Kier alpha value is -1.21. The Morgan fingerprint density at radius 2 is 0.778 bits per heavy atom. The Bertz CT molecular complexity index is 889. The maximum atomic E-state index is 12.4. The monoisotopic (exact) mass is 787 g/mol. The molecule has 8 nitrogen and oxygen atoms in total. The number of carbonyl (C=O) groups excluding carboxylic acids is 2. The van der Waals surface area contributed by atoms with E-state index in [1.807, 2.05) is 0 Å². The van der Waals surface area contributed by atoms with Crippen LogP contribution in [-0.2, 0) is 28.2 Å². The Balaban J connectivity index is 3.82. The number of rotatable bonds is 43. The highest BCUT2D eigenvalue weighted by Gasteiger charge is 2.23. The maximum absolute atomic E-state index is 12.4.